The molecule has 0 aliphatic carbocycles. The second-order valence-corrected chi connectivity index (χ2v) is 6.34. The number of terminal acetylenes is 1. The first-order chi connectivity index (χ1) is 6.63. The third-order valence-corrected chi connectivity index (χ3v) is 5.56. The van der Waals surface area contributed by atoms with E-state index >= 15 is 0 Å². The molecular formula is C10H18O3Si. The molecule has 4 heteroatoms. The zero-order valence-corrected chi connectivity index (χ0v) is 10.1. The molecule has 0 aromatic carbocycles. The van der Waals surface area contributed by atoms with Crippen molar-refractivity contribution in [2.45, 2.75) is 44.9 Å². The van der Waals surface area contributed by atoms with E-state index in [2.05, 4.69) is 5.92 Å². The van der Waals surface area contributed by atoms with Gasteiger partial charge >= 0.3 is 8.80 Å². The summed E-state index contributed by atoms with van der Waals surface area (Å²) in [6.45, 7) is 4.03. The third kappa shape index (κ3) is 2.58. The largest absolute Gasteiger partial charge is 0.501 e. The third-order valence-electron chi connectivity index (χ3n) is 2.51. The highest BCUT2D eigenvalue weighted by Gasteiger charge is 2.49. The number of rotatable bonds is 4. The molecule has 0 aromatic rings. The van der Waals surface area contributed by atoms with Crippen molar-refractivity contribution in [3.8, 4) is 12.3 Å². The van der Waals surface area contributed by atoms with Gasteiger partial charge in [0, 0.05) is 19.6 Å². The van der Waals surface area contributed by atoms with E-state index in [1.54, 1.807) is 7.11 Å². The first kappa shape index (κ1) is 11.7. The summed E-state index contributed by atoms with van der Waals surface area (Å²) in [6.07, 6.45) is 7.13. The minimum absolute atomic E-state index is 0.132. The molecule has 0 saturated carbocycles. The molecule has 1 aliphatic heterocycles. The minimum Gasteiger partial charge on any atom is -0.377 e. The van der Waals surface area contributed by atoms with E-state index in [1.165, 1.54) is 0 Å². The van der Waals surface area contributed by atoms with E-state index in [4.69, 9.17) is 19.7 Å². The number of unbranched alkanes of at least 4 members (excludes halogenated alkanes) is 1. The van der Waals surface area contributed by atoms with Crippen LogP contribution in [-0.2, 0) is 13.3 Å². The molecule has 3 nitrogen and oxygen atoms in total. The summed E-state index contributed by atoms with van der Waals surface area (Å²) in [6, 6.07) is 0.822. The maximum absolute atomic E-state index is 5.78. The summed E-state index contributed by atoms with van der Waals surface area (Å²) in [5.41, 5.74) is 0. The van der Waals surface area contributed by atoms with Crippen LogP contribution in [0.2, 0.25) is 6.04 Å². The molecule has 80 valence electrons. The van der Waals surface area contributed by atoms with Crippen molar-refractivity contribution in [2.75, 3.05) is 7.11 Å². The summed E-state index contributed by atoms with van der Waals surface area (Å²) in [4.78, 5) is 0. The normalized spacial score (nSPS) is 37.0. The number of hydrogen-bond acceptors (Lipinski definition) is 3. The van der Waals surface area contributed by atoms with Gasteiger partial charge in [-0.05, 0) is 20.3 Å². The fourth-order valence-electron chi connectivity index (χ4n) is 1.51. The second-order valence-electron chi connectivity index (χ2n) is 3.59. The monoisotopic (exact) mass is 214 g/mol. The van der Waals surface area contributed by atoms with Gasteiger partial charge in [0.15, 0.2) is 0 Å². The highest BCUT2D eigenvalue weighted by molar-refractivity contribution is 6.61. The SMILES string of the molecule is C#CCCC[Si]1(OC)OC(C)C(C)O1. The van der Waals surface area contributed by atoms with Crippen LogP contribution in [0.4, 0.5) is 0 Å². The van der Waals surface area contributed by atoms with E-state index in [1.807, 2.05) is 13.8 Å². The fourth-order valence-corrected chi connectivity index (χ4v) is 4.32. The molecule has 2 atom stereocenters. The van der Waals surface area contributed by atoms with Gasteiger partial charge in [-0.3, -0.25) is 0 Å². The van der Waals surface area contributed by atoms with Gasteiger partial charge in [0.2, 0.25) is 0 Å². The molecule has 2 unspecified atom stereocenters. The standard InChI is InChI=1S/C10H18O3Si/c1-5-6-7-8-14(11-4)12-9(2)10(3)13-14/h1,9-10H,6-8H2,2-4H3. The van der Waals surface area contributed by atoms with E-state index in [9.17, 15) is 0 Å². The van der Waals surface area contributed by atoms with Crippen LogP contribution in [0, 0.1) is 12.3 Å². The Hall–Kier alpha value is -0.343. The Bertz CT molecular complexity index is 214. The summed E-state index contributed by atoms with van der Waals surface area (Å²) in [7, 11) is -0.706. The smallest absolute Gasteiger partial charge is 0.377 e. The van der Waals surface area contributed by atoms with Crippen molar-refractivity contribution in [1.82, 2.24) is 0 Å². The average Bonchev–Trinajstić information content (AvgIpc) is 2.44. The highest BCUT2D eigenvalue weighted by atomic mass is 28.4. The summed E-state index contributed by atoms with van der Waals surface area (Å²) < 4.78 is 17.0. The van der Waals surface area contributed by atoms with Crippen molar-refractivity contribution >= 4 is 8.80 Å². The first-order valence-electron chi connectivity index (χ1n) is 4.98. The lowest BCUT2D eigenvalue weighted by molar-refractivity contribution is 0.156. The minimum atomic E-state index is -2.37. The zero-order valence-electron chi connectivity index (χ0n) is 9.08. The van der Waals surface area contributed by atoms with Crippen molar-refractivity contribution in [1.29, 1.82) is 0 Å². The summed E-state index contributed by atoms with van der Waals surface area (Å²) >= 11 is 0. The average molecular weight is 214 g/mol. The van der Waals surface area contributed by atoms with Crippen molar-refractivity contribution in [3.63, 3.8) is 0 Å². The van der Waals surface area contributed by atoms with E-state index in [0.29, 0.717) is 0 Å². The molecule has 0 aromatic heterocycles. The topological polar surface area (TPSA) is 27.7 Å². The van der Waals surface area contributed by atoms with E-state index in [-0.39, 0.29) is 12.2 Å². The molecule has 1 saturated heterocycles. The zero-order chi connectivity index (χ0) is 10.6. The number of hydrogen-bond donors (Lipinski definition) is 0. The lowest BCUT2D eigenvalue weighted by atomic mass is 10.3. The summed E-state index contributed by atoms with van der Waals surface area (Å²) in [5, 5.41) is 0. The Morgan fingerprint density at radius 1 is 1.36 bits per heavy atom. The van der Waals surface area contributed by atoms with Gasteiger partial charge in [-0.2, -0.15) is 0 Å². The Morgan fingerprint density at radius 3 is 2.36 bits per heavy atom. The summed E-state index contributed by atoms with van der Waals surface area (Å²) in [5.74, 6) is 2.61. The molecule has 1 heterocycles. The van der Waals surface area contributed by atoms with Crippen LogP contribution in [0.1, 0.15) is 26.7 Å². The van der Waals surface area contributed by atoms with Gasteiger partial charge in [0.25, 0.3) is 0 Å². The van der Waals surface area contributed by atoms with Crippen LogP contribution in [-0.4, -0.2) is 28.1 Å². The fraction of sp³-hybridized carbons (Fsp3) is 0.800. The predicted octanol–water partition coefficient (Wildman–Crippen LogP) is 1.81. The predicted molar refractivity (Wildman–Crippen MR) is 56.7 cm³/mol. The van der Waals surface area contributed by atoms with Gasteiger partial charge in [0.05, 0.1) is 12.2 Å². The Kier molecular flexibility index (Phi) is 4.14. The molecule has 0 amide bonds. The van der Waals surface area contributed by atoms with Crippen LogP contribution in [0.3, 0.4) is 0 Å². The maximum atomic E-state index is 5.78. The molecule has 0 bridgehead atoms. The van der Waals surface area contributed by atoms with E-state index < -0.39 is 8.80 Å². The van der Waals surface area contributed by atoms with Crippen molar-refractivity contribution in [3.05, 3.63) is 0 Å². The van der Waals surface area contributed by atoms with Gasteiger partial charge in [-0.15, -0.1) is 12.3 Å². The highest BCUT2D eigenvalue weighted by Crippen LogP contribution is 2.29. The molecule has 14 heavy (non-hydrogen) atoms. The Morgan fingerprint density at radius 2 is 1.93 bits per heavy atom. The second kappa shape index (κ2) is 4.94. The Labute approximate surface area is 87.1 Å². The molecule has 0 spiro atoms. The van der Waals surface area contributed by atoms with Gasteiger partial charge in [-0.1, -0.05) is 0 Å². The van der Waals surface area contributed by atoms with Gasteiger partial charge in [0.1, 0.15) is 0 Å². The molecular weight excluding hydrogens is 196 g/mol. The van der Waals surface area contributed by atoms with Crippen LogP contribution in [0.15, 0.2) is 0 Å². The van der Waals surface area contributed by atoms with Crippen LogP contribution >= 0.6 is 0 Å². The van der Waals surface area contributed by atoms with Crippen LogP contribution < -0.4 is 0 Å². The van der Waals surface area contributed by atoms with E-state index in [0.717, 1.165) is 18.9 Å². The van der Waals surface area contributed by atoms with Gasteiger partial charge in [-0.25, -0.2) is 0 Å². The van der Waals surface area contributed by atoms with Crippen LogP contribution in [0.5, 0.6) is 0 Å². The molecule has 1 aliphatic rings. The molecule has 0 N–H and O–H groups in total. The lowest BCUT2D eigenvalue weighted by Gasteiger charge is -2.20. The van der Waals surface area contributed by atoms with Crippen molar-refractivity contribution < 1.29 is 13.3 Å². The van der Waals surface area contributed by atoms with Crippen molar-refractivity contribution in [2.24, 2.45) is 0 Å². The molecule has 1 fully saturated rings. The first-order valence-corrected chi connectivity index (χ1v) is 6.91. The quantitative estimate of drug-likeness (QED) is 0.406. The lowest BCUT2D eigenvalue weighted by Crippen LogP contribution is -2.40. The Balaban J connectivity index is 2.48. The van der Waals surface area contributed by atoms with Crippen LogP contribution in [0.25, 0.3) is 0 Å². The maximum Gasteiger partial charge on any atom is 0.501 e. The molecule has 0 radical (unpaired) electrons. The van der Waals surface area contributed by atoms with Gasteiger partial charge < -0.3 is 13.3 Å². The molecule has 1 rings (SSSR count).